The number of rotatable bonds is 4. The molecule has 0 atom stereocenters. The highest BCUT2D eigenvalue weighted by Gasteiger charge is 2.30. The molecule has 0 spiro atoms. The number of halogens is 1. The van der Waals surface area contributed by atoms with Gasteiger partial charge < -0.3 is 9.42 Å². The van der Waals surface area contributed by atoms with Crippen LogP contribution >= 0.6 is 0 Å². The second-order valence-electron chi connectivity index (χ2n) is 5.96. The molecule has 0 bridgehead atoms. The van der Waals surface area contributed by atoms with Gasteiger partial charge in [-0.3, -0.25) is 4.79 Å². The highest BCUT2D eigenvalue weighted by Crippen LogP contribution is 2.16. The van der Waals surface area contributed by atoms with Gasteiger partial charge in [-0.05, 0) is 30.7 Å². The average Bonchev–Trinajstić information content (AvgIpc) is 3.05. The van der Waals surface area contributed by atoms with Gasteiger partial charge in [0.05, 0.1) is 5.69 Å². The quantitative estimate of drug-likeness (QED) is 0.816. The van der Waals surface area contributed by atoms with E-state index in [1.54, 1.807) is 13.0 Å². The maximum atomic E-state index is 13.5. The third kappa shape index (κ3) is 4.05. The molecule has 3 rings (SSSR count). The molecule has 9 heteroatoms. The molecule has 7 nitrogen and oxygen atoms in total. The summed E-state index contributed by atoms with van der Waals surface area (Å²) in [5, 5.41) is 3.61. The molecule has 1 aromatic carbocycles. The third-order valence-electron chi connectivity index (χ3n) is 4.03. The SMILES string of the molecule is Cc1cc(F)cc(C(=O)N2CCN(S(=O)(=O)Cc3ccon3)CC2)c1. The first kappa shape index (κ1) is 17.6. The van der Waals surface area contributed by atoms with E-state index >= 15 is 0 Å². The van der Waals surface area contributed by atoms with Crippen molar-refractivity contribution in [3.63, 3.8) is 0 Å². The lowest BCUT2D eigenvalue weighted by atomic mass is 10.1. The fourth-order valence-corrected chi connectivity index (χ4v) is 4.23. The number of aryl methyl sites for hydroxylation is 1. The van der Waals surface area contributed by atoms with E-state index in [4.69, 9.17) is 0 Å². The number of piperazine rings is 1. The van der Waals surface area contributed by atoms with Crippen molar-refractivity contribution < 1.29 is 22.1 Å². The zero-order valence-corrected chi connectivity index (χ0v) is 14.5. The summed E-state index contributed by atoms with van der Waals surface area (Å²) in [7, 11) is -3.52. The van der Waals surface area contributed by atoms with E-state index in [-0.39, 0.29) is 43.4 Å². The molecule has 0 aliphatic carbocycles. The Kier molecular flexibility index (Phi) is 4.87. The largest absolute Gasteiger partial charge is 0.364 e. The number of aromatic nitrogens is 1. The molecule has 0 N–H and O–H groups in total. The molecule has 1 saturated heterocycles. The minimum atomic E-state index is -3.52. The maximum Gasteiger partial charge on any atom is 0.254 e. The van der Waals surface area contributed by atoms with Crippen LogP contribution in [0.15, 0.2) is 35.1 Å². The van der Waals surface area contributed by atoms with Gasteiger partial charge in [0.1, 0.15) is 17.8 Å². The van der Waals surface area contributed by atoms with Crippen LogP contribution in [0.3, 0.4) is 0 Å². The molecule has 1 aromatic heterocycles. The van der Waals surface area contributed by atoms with Gasteiger partial charge in [0.2, 0.25) is 10.0 Å². The first-order valence-electron chi connectivity index (χ1n) is 7.79. The fraction of sp³-hybridized carbons (Fsp3) is 0.375. The molecule has 0 radical (unpaired) electrons. The smallest absolute Gasteiger partial charge is 0.254 e. The molecule has 1 fully saturated rings. The van der Waals surface area contributed by atoms with Crippen molar-refractivity contribution in [3.8, 4) is 0 Å². The zero-order valence-electron chi connectivity index (χ0n) is 13.7. The van der Waals surface area contributed by atoms with Gasteiger partial charge in [-0.25, -0.2) is 12.8 Å². The number of carbonyl (C=O) groups excluding carboxylic acids is 1. The topological polar surface area (TPSA) is 83.7 Å². The number of hydrogen-bond acceptors (Lipinski definition) is 5. The monoisotopic (exact) mass is 367 g/mol. The minimum absolute atomic E-state index is 0.195. The Bertz CT molecular complexity index is 839. The number of hydrogen-bond donors (Lipinski definition) is 0. The van der Waals surface area contributed by atoms with E-state index in [1.165, 1.54) is 33.7 Å². The zero-order chi connectivity index (χ0) is 18.0. The van der Waals surface area contributed by atoms with Crippen LogP contribution in [0.25, 0.3) is 0 Å². The molecule has 25 heavy (non-hydrogen) atoms. The molecule has 1 aliphatic rings. The standard InChI is InChI=1S/C16H18FN3O4S/c1-12-8-13(10-14(17)9-12)16(21)19-3-5-20(6-4-19)25(22,23)11-15-2-7-24-18-15/h2,7-10H,3-6,11H2,1H3. The molecule has 1 aliphatic heterocycles. The van der Waals surface area contributed by atoms with Gasteiger partial charge in [0.15, 0.2) is 0 Å². The minimum Gasteiger partial charge on any atom is -0.364 e. The van der Waals surface area contributed by atoms with Crippen LogP contribution in [0.1, 0.15) is 21.6 Å². The molecule has 0 saturated carbocycles. The number of benzene rings is 1. The second-order valence-corrected chi connectivity index (χ2v) is 7.92. The molecule has 2 aromatic rings. The Hall–Kier alpha value is -2.26. The molecule has 1 amide bonds. The number of carbonyl (C=O) groups is 1. The van der Waals surface area contributed by atoms with E-state index in [0.29, 0.717) is 11.3 Å². The van der Waals surface area contributed by atoms with Crippen molar-refractivity contribution >= 4 is 15.9 Å². The Balaban J connectivity index is 1.64. The van der Waals surface area contributed by atoms with Crippen molar-refractivity contribution in [1.82, 2.24) is 14.4 Å². The third-order valence-corrected chi connectivity index (χ3v) is 5.84. The van der Waals surface area contributed by atoms with Gasteiger partial charge in [-0.1, -0.05) is 5.16 Å². The summed E-state index contributed by atoms with van der Waals surface area (Å²) < 4.78 is 44.2. The lowest BCUT2D eigenvalue weighted by Crippen LogP contribution is -2.50. The number of nitrogens with zero attached hydrogens (tertiary/aromatic N) is 3. The molecule has 2 heterocycles. The van der Waals surface area contributed by atoms with Crippen molar-refractivity contribution in [1.29, 1.82) is 0 Å². The maximum absolute atomic E-state index is 13.5. The predicted octanol–water partition coefficient (Wildman–Crippen LogP) is 1.41. The van der Waals surface area contributed by atoms with E-state index in [0.717, 1.165) is 0 Å². The summed E-state index contributed by atoms with van der Waals surface area (Å²) in [4.78, 5) is 14.0. The molecule has 134 valence electrons. The van der Waals surface area contributed by atoms with Crippen molar-refractivity contribution in [2.24, 2.45) is 0 Å². The summed E-state index contributed by atoms with van der Waals surface area (Å²) >= 11 is 0. The van der Waals surface area contributed by atoms with Crippen LogP contribution < -0.4 is 0 Å². The fourth-order valence-electron chi connectivity index (χ4n) is 2.80. The number of amides is 1. The first-order chi connectivity index (χ1) is 11.8. The lowest BCUT2D eigenvalue weighted by molar-refractivity contribution is 0.0697. The Morgan fingerprint density at radius 2 is 1.96 bits per heavy atom. The van der Waals surface area contributed by atoms with Gasteiger partial charge in [0.25, 0.3) is 5.91 Å². The summed E-state index contributed by atoms with van der Waals surface area (Å²) in [5.74, 6) is -0.992. The Morgan fingerprint density at radius 3 is 2.56 bits per heavy atom. The van der Waals surface area contributed by atoms with E-state index < -0.39 is 15.8 Å². The highest BCUT2D eigenvalue weighted by molar-refractivity contribution is 7.88. The summed E-state index contributed by atoms with van der Waals surface area (Å²) in [6.45, 7) is 2.62. The van der Waals surface area contributed by atoms with E-state index in [2.05, 4.69) is 9.68 Å². The van der Waals surface area contributed by atoms with Crippen LogP contribution in [-0.2, 0) is 15.8 Å². The van der Waals surface area contributed by atoms with Crippen LogP contribution in [0.2, 0.25) is 0 Å². The summed E-state index contributed by atoms with van der Waals surface area (Å²) in [6.07, 6.45) is 1.32. The van der Waals surface area contributed by atoms with Gasteiger partial charge in [-0.15, -0.1) is 0 Å². The molecular weight excluding hydrogens is 349 g/mol. The van der Waals surface area contributed by atoms with Gasteiger partial charge >= 0.3 is 0 Å². The van der Waals surface area contributed by atoms with Crippen molar-refractivity contribution in [3.05, 3.63) is 53.2 Å². The highest BCUT2D eigenvalue weighted by atomic mass is 32.2. The first-order valence-corrected chi connectivity index (χ1v) is 9.39. The Labute approximate surface area is 145 Å². The van der Waals surface area contributed by atoms with Gasteiger partial charge in [-0.2, -0.15) is 4.31 Å². The molecule has 0 unspecified atom stereocenters. The average molecular weight is 367 g/mol. The van der Waals surface area contributed by atoms with Crippen LogP contribution in [0.4, 0.5) is 4.39 Å². The van der Waals surface area contributed by atoms with Crippen LogP contribution in [0, 0.1) is 12.7 Å². The van der Waals surface area contributed by atoms with Gasteiger partial charge in [0, 0.05) is 37.8 Å². The van der Waals surface area contributed by atoms with Crippen LogP contribution in [0.5, 0.6) is 0 Å². The second kappa shape index (κ2) is 6.93. The summed E-state index contributed by atoms with van der Waals surface area (Å²) in [5.41, 5.74) is 1.28. The Morgan fingerprint density at radius 1 is 1.24 bits per heavy atom. The number of sulfonamides is 1. The summed E-state index contributed by atoms with van der Waals surface area (Å²) in [6, 6.07) is 5.68. The predicted molar refractivity (Wildman–Crippen MR) is 87.7 cm³/mol. The molecular formula is C16H18FN3O4S. The normalized spacial score (nSPS) is 16.2. The van der Waals surface area contributed by atoms with E-state index in [1.807, 2.05) is 0 Å². The van der Waals surface area contributed by atoms with Crippen molar-refractivity contribution in [2.75, 3.05) is 26.2 Å². The van der Waals surface area contributed by atoms with Crippen LogP contribution in [-0.4, -0.2) is 54.9 Å². The van der Waals surface area contributed by atoms with E-state index in [9.17, 15) is 17.6 Å². The lowest BCUT2D eigenvalue weighted by Gasteiger charge is -2.34. The van der Waals surface area contributed by atoms with Crippen molar-refractivity contribution in [2.45, 2.75) is 12.7 Å².